The van der Waals surface area contributed by atoms with E-state index in [1.807, 2.05) is 48.6 Å². The summed E-state index contributed by atoms with van der Waals surface area (Å²) in [5, 5.41) is 0. The Morgan fingerprint density at radius 2 is 1.43 bits per heavy atom. The Morgan fingerprint density at radius 3 is 2.12 bits per heavy atom. The van der Waals surface area contributed by atoms with E-state index in [0.29, 0.717) is 22.4 Å². The van der Waals surface area contributed by atoms with Gasteiger partial charge in [-0.1, -0.05) is 85.0 Å². The lowest BCUT2D eigenvalue weighted by molar-refractivity contribution is 0.478. The molecule has 1 N–H and O–H groups in total. The van der Waals surface area contributed by atoms with Crippen LogP contribution in [0.1, 0.15) is 50.1 Å². The molecule has 0 saturated heterocycles. The number of ether oxygens (including phenoxy) is 1. The van der Waals surface area contributed by atoms with Gasteiger partial charge in [-0.25, -0.2) is 0 Å². The summed E-state index contributed by atoms with van der Waals surface area (Å²) in [5.41, 5.74) is 10.9. The summed E-state index contributed by atoms with van der Waals surface area (Å²) >= 11 is 0. The van der Waals surface area contributed by atoms with Gasteiger partial charge in [0.1, 0.15) is 10.6 Å². The van der Waals surface area contributed by atoms with Crippen molar-refractivity contribution >= 4 is 21.8 Å². The number of allylic oxidation sites excluding steroid dienone is 5. The maximum Gasteiger partial charge on any atom is 0.295 e. The van der Waals surface area contributed by atoms with E-state index in [9.17, 15) is 13.0 Å². The molecule has 0 radical (unpaired) electrons. The normalized spacial score (nSPS) is 16.3. The second-order valence-electron chi connectivity index (χ2n) is 10.7. The molecule has 1 aliphatic rings. The molecule has 4 aromatic carbocycles. The Kier molecular flexibility index (Phi) is 8.44. The smallest absolute Gasteiger partial charge is 0.295 e. The van der Waals surface area contributed by atoms with Gasteiger partial charge in [0.25, 0.3) is 10.1 Å². The molecule has 1 aliphatic heterocycles. The number of rotatable bonds is 5. The highest BCUT2D eigenvalue weighted by Gasteiger charge is 2.21. The van der Waals surface area contributed by atoms with Crippen molar-refractivity contribution in [1.29, 1.82) is 0 Å². The van der Waals surface area contributed by atoms with Gasteiger partial charge < -0.3 is 4.74 Å². The highest BCUT2D eigenvalue weighted by atomic mass is 32.2. The van der Waals surface area contributed by atoms with Crippen LogP contribution in [-0.2, 0) is 16.5 Å². The second-order valence-corrected chi connectivity index (χ2v) is 12.0. The van der Waals surface area contributed by atoms with Gasteiger partial charge >= 0.3 is 0 Å². The average Bonchev–Trinajstić information content (AvgIpc) is 2.95. The zero-order valence-electron chi connectivity index (χ0n) is 24.3. The first-order valence-electron chi connectivity index (χ1n) is 13.9. The minimum Gasteiger partial charge on any atom is -0.464 e. The second kappa shape index (κ2) is 12.2. The Hall–Kier alpha value is -4.45. The van der Waals surface area contributed by atoms with Crippen LogP contribution in [0.5, 0.6) is 5.75 Å². The third-order valence-electron chi connectivity index (χ3n) is 7.68. The van der Waals surface area contributed by atoms with Crippen LogP contribution >= 0.6 is 0 Å². The topological polar surface area (TPSA) is 63.6 Å². The lowest BCUT2D eigenvalue weighted by Crippen LogP contribution is -2.04. The SMILES string of the molecule is Cc1cccc(C)c1\C=C1C=COc2cc(Cc3c(C)cccc3C)ccc2/C(c2ccccc2S(=O)(=O)O)=C/C=C\1. The maximum absolute atomic E-state index is 12.4. The third kappa shape index (κ3) is 6.38. The van der Waals surface area contributed by atoms with Gasteiger partial charge in [0, 0.05) is 11.1 Å². The van der Waals surface area contributed by atoms with Crippen LogP contribution in [0, 0.1) is 27.7 Å². The zero-order valence-corrected chi connectivity index (χ0v) is 25.1. The molecule has 0 atom stereocenters. The summed E-state index contributed by atoms with van der Waals surface area (Å²) < 4.78 is 41.1. The molecule has 0 fully saturated rings. The standard InChI is InChI=1S/C37H34O4S/c1-25-10-7-11-26(2)34(25)22-29-14-9-16-31(33-15-5-6-17-37(33)42(38,39)40)32-19-18-30(24-36(32)41-21-20-29)23-35-27(3)12-8-13-28(35)4/h5-22,24H,23H2,1-4H3,(H,38,39,40)/b14-9-,21-20?,29-22+,31-16-. The number of aryl methyl sites for hydroxylation is 4. The van der Waals surface area contributed by atoms with Crippen LogP contribution in [0.25, 0.3) is 11.6 Å². The summed E-state index contributed by atoms with van der Waals surface area (Å²) in [7, 11) is -4.47. The fraction of sp³-hybridized carbons (Fsp3) is 0.135. The van der Waals surface area contributed by atoms with Crippen molar-refractivity contribution in [3.8, 4) is 5.75 Å². The average molecular weight is 575 g/mol. The van der Waals surface area contributed by atoms with E-state index < -0.39 is 10.1 Å². The molecular weight excluding hydrogens is 540 g/mol. The van der Waals surface area contributed by atoms with Crippen molar-refractivity contribution < 1.29 is 17.7 Å². The van der Waals surface area contributed by atoms with Crippen LogP contribution in [0.15, 0.2) is 120 Å². The first kappa shape index (κ1) is 29.1. The van der Waals surface area contributed by atoms with Crippen molar-refractivity contribution in [3.05, 3.63) is 165 Å². The summed E-state index contributed by atoms with van der Waals surface area (Å²) in [5.74, 6) is 0.591. The molecular formula is C37H34O4S. The van der Waals surface area contributed by atoms with Crippen molar-refractivity contribution in [2.24, 2.45) is 0 Å². The quantitative estimate of drug-likeness (QED) is 0.242. The van der Waals surface area contributed by atoms with Crippen molar-refractivity contribution in [2.75, 3.05) is 0 Å². The number of fused-ring (bicyclic) bond motifs is 1. The van der Waals surface area contributed by atoms with E-state index in [0.717, 1.165) is 23.1 Å². The number of hydrogen-bond acceptors (Lipinski definition) is 3. The van der Waals surface area contributed by atoms with Crippen LogP contribution in [0.2, 0.25) is 0 Å². The molecule has 0 aromatic heterocycles. The number of hydrogen-bond donors (Lipinski definition) is 1. The van der Waals surface area contributed by atoms with Crippen LogP contribution in [-0.4, -0.2) is 13.0 Å². The summed E-state index contributed by atoms with van der Waals surface area (Å²) in [6, 6.07) is 25.0. The van der Waals surface area contributed by atoms with Crippen molar-refractivity contribution in [1.82, 2.24) is 0 Å². The van der Waals surface area contributed by atoms with Crippen molar-refractivity contribution in [3.63, 3.8) is 0 Å². The molecule has 4 aromatic rings. The third-order valence-corrected chi connectivity index (χ3v) is 8.59. The van der Waals surface area contributed by atoms with Gasteiger partial charge in [0.15, 0.2) is 0 Å². The van der Waals surface area contributed by atoms with Gasteiger partial charge in [-0.3, -0.25) is 4.55 Å². The molecule has 0 spiro atoms. The van der Waals surface area contributed by atoms with Gasteiger partial charge in [-0.2, -0.15) is 8.42 Å². The van der Waals surface area contributed by atoms with E-state index in [1.54, 1.807) is 24.5 Å². The monoisotopic (exact) mass is 574 g/mol. The summed E-state index contributed by atoms with van der Waals surface area (Å²) in [4.78, 5) is -0.158. The van der Waals surface area contributed by atoms with E-state index in [4.69, 9.17) is 4.74 Å². The molecule has 42 heavy (non-hydrogen) atoms. The molecule has 4 nitrogen and oxygen atoms in total. The van der Waals surface area contributed by atoms with E-state index in [-0.39, 0.29) is 4.90 Å². The highest BCUT2D eigenvalue weighted by molar-refractivity contribution is 7.86. The molecule has 0 bridgehead atoms. The summed E-state index contributed by atoms with van der Waals surface area (Å²) in [6.07, 6.45) is 12.2. The van der Waals surface area contributed by atoms with Crippen LogP contribution in [0.3, 0.4) is 0 Å². The van der Waals surface area contributed by atoms with Gasteiger partial charge in [-0.15, -0.1) is 0 Å². The maximum atomic E-state index is 12.4. The molecule has 212 valence electrons. The Morgan fingerprint density at radius 1 is 0.762 bits per heavy atom. The van der Waals surface area contributed by atoms with Crippen LogP contribution in [0.4, 0.5) is 0 Å². The molecule has 0 amide bonds. The van der Waals surface area contributed by atoms with E-state index in [1.165, 1.54) is 33.9 Å². The molecule has 0 aliphatic carbocycles. The van der Waals surface area contributed by atoms with Crippen molar-refractivity contribution in [2.45, 2.75) is 39.0 Å². The first-order chi connectivity index (χ1) is 20.1. The Labute approximate surface area is 248 Å². The molecule has 0 saturated carbocycles. The highest BCUT2D eigenvalue weighted by Crippen LogP contribution is 2.36. The summed E-state index contributed by atoms with van der Waals surface area (Å²) in [6.45, 7) is 8.40. The molecule has 5 rings (SSSR count). The Bertz CT molecular complexity index is 1850. The van der Waals surface area contributed by atoms with E-state index in [2.05, 4.69) is 64.1 Å². The lowest BCUT2D eigenvalue weighted by Gasteiger charge is -2.17. The first-order valence-corrected chi connectivity index (χ1v) is 15.3. The number of benzene rings is 4. The minimum absolute atomic E-state index is 0.158. The fourth-order valence-corrected chi connectivity index (χ4v) is 6.09. The Balaban J connectivity index is 1.67. The van der Waals surface area contributed by atoms with Gasteiger partial charge in [0.2, 0.25) is 0 Å². The largest absolute Gasteiger partial charge is 0.464 e. The van der Waals surface area contributed by atoms with Gasteiger partial charge in [-0.05, 0) is 108 Å². The zero-order chi connectivity index (χ0) is 29.9. The predicted molar refractivity (Wildman–Crippen MR) is 171 cm³/mol. The predicted octanol–water partition coefficient (Wildman–Crippen LogP) is 8.74. The fourth-order valence-electron chi connectivity index (χ4n) is 5.38. The van der Waals surface area contributed by atoms with Crippen LogP contribution < -0.4 is 4.74 Å². The lowest BCUT2D eigenvalue weighted by atomic mass is 9.92. The van der Waals surface area contributed by atoms with Gasteiger partial charge in [0.05, 0.1) is 6.26 Å². The molecule has 1 heterocycles. The van der Waals surface area contributed by atoms with E-state index >= 15 is 0 Å². The molecule has 0 unspecified atom stereocenters. The molecule has 5 heteroatoms. The minimum atomic E-state index is -4.47.